The van der Waals surface area contributed by atoms with E-state index in [1.807, 2.05) is 13.0 Å². The minimum absolute atomic E-state index is 0.0721. The maximum Gasteiger partial charge on any atom is 0.251 e. The van der Waals surface area contributed by atoms with Crippen LogP contribution in [0.3, 0.4) is 0 Å². The van der Waals surface area contributed by atoms with Crippen molar-refractivity contribution in [3.8, 4) is 5.69 Å². The lowest BCUT2D eigenvalue weighted by Crippen LogP contribution is -2.35. The fourth-order valence-corrected chi connectivity index (χ4v) is 3.59. The summed E-state index contributed by atoms with van der Waals surface area (Å²) in [5.74, 6) is -3.64. The van der Waals surface area contributed by atoms with Gasteiger partial charge in [0.1, 0.15) is 12.3 Å². The number of nitrogens with zero attached hydrogens (tertiary/aromatic N) is 5. The molecule has 10 heteroatoms. The monoisotopic (exact) mass is 453 g/mol. The van der Waals surface area contributed by atoms with Crippen molar-refractivity contribution in [2.45, 2.75) is 46.0 Å². The number of oxime groups is 1. The van der Waals surface area contributed by atoms with Crippen LogP contribution in [0.1, 0.15) is 40.0 Å². The van der Waals surface area contributed by atoms with Gasteiger partial charge in [-0.15, -0.1) is 0 Å². The number of alkyl halides is 2. The molecule has 3 rings (SSSR count). The Bertz CT molecular complexity index is 935. The van der Waals surface area contributed by atoms with Crippen LogP contribution in [0.4, 0.5) is 14.5 Å². The first-order valence-electron chi connectivity index (χ1n) is 10.2. The molecule has 0 N–H and O–H groups in total. The zero-order chi connectivity index (χ0) is 22.6. The quantitative estimate of drug-likeness (QED) is 0.296. The van der Waals surface area contributed by atoms with Crippen molar-refractivity contribution >= 4 is 28.9 Å². The third-order valence-corrected chi connectivity index (χ3v) is 5.46. The molecule has 1 amide bonds. The number of carbonyl (C=O) groups excluding carboxylic acids is 1. The topological polar surface area (TPSA) is 72.6 Å². The predicted molar refractivity (Wildman–Crippen MR) is 115 cm³/mol. The average Bonchev–Trinajstić information content (AvgIpc) is 3.17. The van der Waals surface area contributed by atoms with E-state index in [2.05, 4.69) is 15.2 Å². The van der Waals surface area contributed by atoms with Gasteiger partial charge in [-0.2, -0.15) is 5.10 Å². The van der Waals surface area contributed by atoms with Gasteiger partial charge in [0.05, 0.1) is 23.8 Å². The van der Waals surface area contributed by atoms with Gasteiger partial charge in [0, 0.05) is 37.4 Å². The summed E-state index contributed by atoms with van der Waals surface area (Å²) in [7, 11) is 0. The lowest BCUT2D eigenvalue weighted by atomic mass is 10.0. The summed E-state index contributed by atoms with van der Waals surface area (Å²) >= 11 is 6.31. The molecule has 2 aromatic rings. The van der Waals surface area contributed by atoms with Gasteiger partial charge < -0.3 is 9.74 Å². The van der Waals surface area contributed by atoms with Gasteiger partial charge in [0.15, 0.2) is 5.15 Å². The van der Waals surface area contributed by atoms with Gasteiger partial charge in [0.25, 0.3) is 5.92 Å². The highest BCUT2D eigenvalue weighted by Crippen LogP contribution is 2.50. The molecule has 2 aromatic heterocycles. The van der Waals surface area contributed by atoms with Crippen LogP contribution in [0.15, 0.2) is 35.9 Å². The smallest absolute Gasteiger partial charge is 0.251 e. The molecule has 2 heterocycles. The summed E-state index contributed by atoms with van der Waals surface area (Å²) in [5.41, 5.74) is 1.87. The Balaban J connectivity index is 1.58. The van der Waals surface area contributed by atoms with Crippen LogP contribution in [0.5, 0.6) is 0 Å². The average molecular weight is 454 g/mol. The fourth-order valence-electron chi connectivity index (χ4n) is 3.36. The molecular formula is C21H26ClF2N5O2. The van der Waals surface area contributed by atoms with E-state index in [4.69, 9.17) is 16.4 Å². The highest BCUT2D eigenvalue weighted by molar-refractivity contribution is 6.32. The highest BCUT2D eigenvalue weighted by atomic mass is 35.5. The predicted octanol–water partition coefficient (Wildman–Crippen LogP) is 4.74. The van der Waals surface area contributed by atoms with E-state index in [0.717, 1.165) is 5.69 Å². The van der Waals surface area contributed by atoms with Crippen LogP contribution in [0.2, 0.25) is 5.15 Å². The molecule has 0 aromatic carbocycles. The summed E-state index contributed by atoms with van der Waals surface area (Å²) in [6, 6.07) is 3.63. The molecule has 1 fully saturated rings. The Kier molecular flexibility index (Phi) is 7.25. The third-order valence-electron chi connectivity index (χ3n) is 5.19. The minimum atomic E-state index is -2.54. The van der Waals surface area contributed by atoms with Gasteiger partial charge in [-0.05, 0) is 32.4 Å². The molecule has 2 atom stereocenters. The first-order valence-corrected chi connectivity index (χ1v) is 10.6. The van der Waals surface area contributed by atoms with E-state index in [1.54, 1.807) is 48.1 Å². The van der Waals surface area contributed by atoms with E-state index in [0.29, 0.717) is 24.4 Å². The Hall–Kier alpha value is -2.55. The Morgan fingerprint density at radius 2 is 2.26 bits per heavy atom. The molecular weight excluding hydrogens is 428 g/mol. The summed E-state index contributed by atoms with van der Waals surface area (Å²) in [5, 5.41) is 8.47. The highest BCUT2D eigenvalue weighted by Gasteiger charge is 2.56. The number of anilines is 1. The first-order chi connectivity index (χ1) is 14.7. The maximum absolute atomic E-state index is 13.0. The van der Waals surface area contributed by atoms with Crippen LogP contribution in [0.25, 0.3) is 5.69 Å². The molecule has 0 spiro atoms. The standard InChI is InChI=1S/C21H26ClF2N5O2/c1-4-28(18-13-29(26-19(18)22)17-6-5-8-25-12-17)20(30)14(2)10-15(3)27-31-9-7-16-11-21(16,23)24/h5-6,8,12-14,16H,4,7,9-11H2,1-3H3. The van der Waals surface area contributed by atoms with Crippen molar-refractivity contribution in [2.75, 3.05) is 18.1 Å². The van der Waals surface area contributed by atoms with Crippen molar-refractivity contribution in [1.82, 2.24) is 14.8 Å². The van der Waals surface area contributed by atoms with Gasteiger partial charge in [0.2, 0.25) is 5.91 Å². The van der Waals surface area contributed by atoms with Crippen LogP contribution in [-0.4, -0.2) is 45.5 Å². The molecule has 0 radical (unpaired) electrons. The van der Waals surface area contributed by atoms with Crippen molar-refractivity contribution in [1.29, 1.82) is 0 Å². The summed E-state index contributed by atoms with van der Waals surface area (Å²) < 4.78 is 27.3. The lowest BCUT2D eigenvalue weighted by molar-refractivity contribution is -0.121. The van der Waals surface area contributed by atoms with Crippen LogP contribution < -0.4 is 4.90 Å². The molecule has 31 heavy (non-hydrogen) atoms. The van der Waals surface area contributed by atoms with E-state index in [1.165, 1.54) is 0 Å². The van der Waals surface area contributed by atoms with E-state index in [9.17, 15) is 13.6 Å². The molecule has 7 nitrogen and oxygen atoms in total. The molecule has 1 aliphatic rings. The number of aromatic nitrogens is 3. The molecule has 1 aliphatic carbocycles. The van der Waals surface area contributed by atoms with Gasteiger partial charge in [-0.3, -0.25) is 9.78 Å². The van der Waals surface area contributed by atoms with Crippen molar-refractivity contribution in [3.05, 3.63) is 35.9 Å². The second-order valence-corrected chi connectivity index (χ2v) is 8.12. The van der Waals surface area contributed by atoms with Crippen LogP contribution in [0, 0.1) is 11.8 Å². The van der Waals surface area contributed by atoms with Gasteiger partial charge >= 0.3 is 0 Å². The van der Waals surface area contributed by atoms with E-state index < -0.39 is 11.8 Å². The van der Waals surface area contributed by atoms with Crippen LogP contribution >= 0.6 is 11.6 Å². The zero-order valence-corrected chi connectivity index (χ0v) is 18.5. The summed E-state index contributed by atoms with van der Waals surface area (Å²) in [4.78, 5) is 23.8. The normalized spacial score (nSPS) is 18.5. The minimum Gasteiger partial charge on any atom is -0.396 e. The number of carbonyl (C=O) groups is 1. The maximum atomic E-state index is 13.0. The Labute approximate surface area is 185 Å². The number of pyridine rings is 1. The number of rotatable bonds is 10. The Morgan fingerprint density at radius 1 is 1.52 bits per heavy atom. The molecule has 0 saturated heterocycles. The number of halogens is 3. The molecule has 0 aliphatic heterocycles. The number of hydrogen-bond acceptors (Lipinski definition) is 5. The molecule has 2 unspecified atom stereocenters. The first kappa shape index (κ1) is 23.1. The second kappa shape index (κ2) is 9.72. The number of hydrogen-bond donors (Lipinski definition) is 0. The Morgan fingerprint density at radius 3 is 2.87 bits per heavy atom. The summed E-state index contributed by atoms with van der Waals surface area (Å²) in [6.45, 7) is 5.97. The lowest BCUT2D eigenvalue weighted by Gasteiger charge is -2.23. The SMILES string of the molecule is CCN(C(=O)C(C)CC(C)=NOCCC1CC1(F)F)c1cn(-c2cccnc2)nc1Cl. The van der Waals surface area contributed by atoms with Gasteiger partial charge in [-0.1, -0.05) is 23.7 Å². The third kappa shape index (κ3) is 5.78. The largest absolute Gasteiger partial charge is 0.396 e. The van der Waals surface area contributed by atoms with Crippen molar-refractivity contribution < 1.29 is 18.4 Å². The molecule has 1 saturated carbocycles. The van der Waals surface area contributed by atoms with E-state index in [-0.39, 0.29) is 36.4 Å². The number of amides is 1. The van der Waals surface area contributed by atoms with Crippen molar-refractivity contribution in [3.63, 3.8) is 0 Å². The molecule has 0 bridgehead atoms. The zero-order valence-electron chi connectivity index (χ0n) is 17.8. The second-order valence-electron chi connectivity index (χ2n) is 7.76. The van der Waals surface area contributed by atoms with Crippen LogP contribution in [-0.2, 0) is 9.63 Å². The summed E-state index contributed by atoms with van der Waals surface area (Å²) in [6.07, 6.45) is 5.60. The van der Waals surface area contributed by atoms with E-state index >= 15 is 0 Å². The molecule has 168 valence electrons. The fraction of sp³-hybridized carbons (Fsp3) is 0.524. The van der Waals surface area contributed by atoms with Crippen molar-refractivity contribution in [2.24, 2.45) is 17.0 Å². The van der Waals surface area contributed by atoms with Gasteiger partial charge in [-0.25, -0.2) is 13.5 Å².